The van der Waals surface area contributed by atoms with E-state index < -0.39 is 6.04 Å². The summed E-state index contributed by atoms with van der Waals surface area (Å²) in [7, 11) is 5.21. The lowest BCUT2D eigenvalue weighted by molar-refractivity contribution is -0.134. The van der Waals surface area contributed by atoms with Crippen LogP contribution in [0.3, 0.4) is 0 Å². The topological polar surface area (TPSA) is 76.5 Å². The number of aromatic nitrogens is 2. The highest BCUT2D eigenvalue weighted by molar-refractivity contribution is 5.98. The predicted molar refractivity (Wildman–Crippen MR) is 102 cm³/mol. The first-order valence-corrected chi connectivity index (χ1v) is 9.16. The number of ketones is 1. The minimum atomic E-state index is -0.410. The molecule has 1 saturated heterocycles. The number of likely N-dealkylation sites (tertiary alicyclic amines) is 1. The van der Waals surface area contributed by atoms with Crippen LogP contribution < -0.4 is 10.1 Å². The van der Waals surface area contributed by atoms with E-state index in [-0.39, 0.29) is 17.6 Å². The second-order valence-corrected chi connectivity index (χ2v) is 6.86. The Bertz CT molecular complexity index is 792. The van der Waals surface area contributed by atoms with Crippen LogP contribution in [0.4, 0.5) is 0 Å². The number of methoxy groups -OCH3 is 1. The second-order valence-electron chi connectivity index (χ2n) is 6.86. The highest BCUT2D eigenvalue weighted by Crippen LogP contribution is 2.25. The number of benzene rings is 1. The summed E-state index contributed by atoms with van der Waals surface area (Å²) in [4.78, 5) is 27.4. The van der Waals surface area contributed by atoms with Crippen LogP contribution in [-0.2, 0) is 11.8 Å². The van der Waals surface area contributed by atoms with Gasteiger partial charge in [0.05, 0.1) is 13.3 Å². The molecular formula is C20H26N4O3. The minimum Gasteiger partial charge on any atom is -0.497 e. The first kappa shape index (κ1) is 19.1. The van der Waals surface area contributed by atoms with Crippen molar-refractivity contribution in [1.29, 1.82) is 0 Å². The Balaban J connectivity index is 1.60. The maximum Gasteiger partial charge on any atom is 0.244 e. The van der Waals surface area contributed by atoms with Gasteiger partial charge in [-0.1, -0.05) is 0 Å². The maximum absolute atomic E-state index is 12.9. The summed E-state index contributed by atoms with van der Waals surface area (Å²) in [5, 5.41) is 7.22. The van der Waals surface area contributed by atoms with Crippen LogP contribution in [0, 0.1) is 5.92 Å². The molecule has 1 aromatic heterocycles. The number of likely N-dealkylation sites (N-methyl/N-ethyl adjacent to an activating group) is 1. The first-order valence-electron chi connectivity index (χ1n) is 9.16. The molecule has 1 aliphatic heterocycles. The van der Waals surface area contributed by atoms with Crippen LogP contribution in [0.1, 0.15) is 34.8 Å². The smallest absolute Gasteiger partial charge is 0.244 e. The van der Waals surface area contributed by atoms with Gasteiger partial charge in [0.1, 0.15) is 11.8 Å². The summed E-state index contributed by atoms with van der Waals surface area (Å²) in [6.45, 7) is 1.17. The lowest BCUT2D eigenvalue weighted by Gasteiger charge is -2.33. The van der Waals surface area contributed by atoms with Crippen LogP contribution in [0.25, 0.3) is 0 Å². The fourth-order valence-corrected chi connectivity index (χ4v) is 3.56. The molecule has 0 aliphatic carbocycles. The summed E-state index contributed by atoms with van der Waals surface area (Å²) < 4.78 is 6.83. The summed E-state index contributed by atoms with van der Waals surface area (Å²) in [6, 6.07) is 6.80. The van der Waals surface area contributed by atoms with Gasteiger partial charge < -0.3 is 15.0 Å². The number of hydrogen-bond donors (Lipinski definition) is 1. The van der Waals surface area contributed by atoms with Gasteiger partial charge in [0.2, 0.25) is 5.91 Å². The number of nitrogens with zero attached hydrogens (tertiary/aromatic N) is 3. The van der Waals surface area contributed by atoms with Crippen molar-refractivity contribution in [2.75, 3.05) is 27.2 Å². The van der Waals surface area contributed by atoms with Crippen LogP contribution in [0.5, 0.6) is 5.75 Å². The number of nitrogens with one attached hydrogen (secondary N) is 1. The van der Waals surface area contributed by atoms with Gasteiger partial charge in [-0.15, -0.1) is 0 Å². The molecule has 7 heteroatoms. The Morgan fingerprint density at radius 3 is 2.41 bits per heavy atom. The van der Waals surface area contributed by atoms with Gasteiger partial charge in [-0.3, -0.25) is 14.3 Å². The summed E-state index contributed by atoms with van der Waals surface area (Å²) in [5.41, 5.74) is 1.55. The first-order chi connectivity index (χ1) is 13.0. The monoisotopic (exact) mass is 370 g/mol. The number of carbonyl (C=O) groups excluding carboxylic acids is 2. The molecule has 0 radical (unpaired) electrons. The molecule has 1 aliphatic rings. The average molecular weight is 370 g/mol. The largest absolute Gasteiger partial charge is 0.497 e. The van der Waals surface area contributed by atoms with Crippen LogP contribution in [-0.4, -0.2) is 53.6 Å². The molecule has 2 aromatic rings. The van der Waals surface area contributed by atoms with Crippen molar-refractivity contribution < 1.29 is 14.3 Å². The molecule has 1 aromatic carbocycles. The van der Waals surface area contributed by atoms with Gasteiger partial charge in [-0.2, -0.15) is 5.10 Å². The molecule has 1 fully saturated rings. The van der Waals surface area contributed by atoms with Crippen molar-refractivity contribution in [2.24, 2.45) is 13.0 Å². The van der Waals surface area contributed by atoms with E-state index in [0.29, 0.717) is 31.5 Å². The minimum absolute atomic E-state index is 0.0286. The Kier molecular flexibility index (Phi) is 5.91. The van der Waals surface area contributed by atoms with Crippen molar-refractivity contribution in [3.63, 3.8) is 0 Å². The Morgan fingerprint density at radius 2 is 1.89 bits per heavy atom. The maximum atomic E-state index is 12.9. The average Bonchev–Trinajstić information content (AvgIpc) is 3.14. The van der Waals surface area contributed by atoms with E-state index in [9.17, 15) is 9.59 Å². The lowest BCUT2D eigenvalue weighted by Crippen LogP contribution is -2.45. The highest BCUT2D eigenvalue weighted by atomic mass is 16.5. The Morgan fingerprint density at radius 1 is 1.22 bits per heavy atom. The number of piperidine rings is 1. The zero-order chi connectivity index (χ0) is 19.4. The fourth-order valence-electron chi connectivity index (χ4n) is 3.56. The zero-order valence-electron chi connectivity index (χ0n) is 16.0. The van der Waals surface area contributed by atoms with E-state index in [1.807, 2.05) is 18.1 Å². The van der Waals surface area contributed by atoms with Gasteiger partial charge >= 0.3 is 0 Å². The molecule has 7 nitrogen and oxygen atoms in total. The molecule has 1 atom stereocenters. The molecule has 1 unspecified atom stereocenters. The van der Waals surface area contributed by atoms with Crippen molar-refractivity contribution in [1.82, 2.24) is 20.0 Å². The van der Waals surface area contributed by atoms with E-state index in [4.69, 9.17) is 4.74 Å². The fraction of sp³-hybridized carbons (Fsp3) is 0.450. The van der Waals surface area contributed by atoms with Crippen LogP contribution in [0.2, 0.25) is 0 Å². The van der Waals surface area contributed by atoms with E-state index in [2.05, 4.69) is 10.4 Å². The van der Waals surface area contributed by atoms with E-state index in [1.54, 1.807) is 49.3 Å². The zero-order valence-corrected chi connectivity index (χ0v) is 16.0. The van der Waals surface area contributed by atoms with E-state index in [1.165, 1.54) is 0 Å². The van der Waals surface area contributed by atoms with E-state index in [0.717, 1.165) is 11.3 Å². The number of hydrogen-bond acceptors (Lipinski definition) is 5. The van der Waals surface area contributed by atoms with Crippen molar-refractivity contribution in [3.8, 4) is 5.75 Å². The van der Waals surface area contributed by atoms with Gasteiger partial charge in [0, 0.05) is 43.4 Å². The molecule has 144 valence electrons. The normalized spacial score (nSPS) is 16.2. The molecule has 3 rings (SSSR count). The van der Waals surface area contributed by atoms with Crippen molar-refractivity contribution in [2.45, 2.75) is 18.9 Å². The van der Waals surface area contributed by atoms with Gasteiger partial charge in [-0.05, 0) is 44.2 Å². The molecule has 0 bridgehead atoms. The van der Waals surface area contributed by atoms with Gasteiger partial charge in [-0.25, -0.2) is 0 Å². The number of amides is 1. The standard InChI is InChI=1S/C20H26N4O3/c1-21-18(16-12-22-23(2)13-16)20(26)24-10-8-15(9-11-24)19(25)14-4-6-17(27-3)7-5-14/h4-7,12-13,15,18,21H,8-11H2,1-3H3. The Hall–Kier alpha value is -2.67. The molecule has 0 saturated carbocycles. The second kappa shape index (κ2) is 8.35. The number of carbonyl (C=O) groups is 2. The lowest BCUT2D eigenvalue weighted by atomic mass is 9.88. The molecule has 0 spiro atoms. The molecule has 1 N–H and O–H groups in total. The number of Topliss-reactive ketones (excluding diaryl/α,β-unsaturated/α-hetero) is 1. The molecule has 2 heterocycles. The van der Waals surface area contributed by atoms with E-state index >= 15 is 0 Å². The number of aryl methyl sites for hydroxylation is 1. The summed E-state index contributed by atoms with van der Waals surface area (Å²) >= 11 is 0. The van der Waals surface area contributed by atoms with Crippen molar-refractivity contribution in [3.05, 3.63) is 47.8 Å². The van der Waals surface area contributed by atoms with Crippen LogP contribution in [0.15, 0.2) is 36.7 Å². The number of rotatable bonds is 6. The molecule has 27 heavy (non-hydrogen) atoms. The third kappa shape index (κ3) is 4.19. The third-order valence-corrected chi connectivity index (χ3v) is 5.15. The number of ether oxygens (including phenoxy) is 1. The van der Waals surface area contributed by atoms with Gasteiger partial charge in [0.25, 0.3) is 0 Å². The predicted octanol–water partition coefficient (Wildman–Crippen LogP) is 1.81. The van der Waals surface area contributed by atoms with Crippen LogP contribution >= 0.6 is 0 Å². The SMILES string of the molecule is CNC(C(=O)N1CCC(C(=O)c2ccc(OC)cc2)CC1)c1cnn(C)c1. The molecular weight excluding hydrogens is 344 g/mol. The quantitative estimate of drug-likeness (QED) is 0.785. The summed E-state index contributed by atoms with van der Waals surface area (Å²) in [6.07, 6.45) is 4.91. The summed E-state index contributed by atoms with van der Waals surface area (Å²) in [5.74, 6) is 0.859. The third-order valence-electron chi connectivity index (χ3n) is 5.15. The molecule has 1 amide bonds. The van der Waals surface area contributed by atoms with Crippen molar-refractivity contribution >= 4 is 11.7 Å². The van der Waals surface area contributed by atoms with Gasteiger partial charge in [0.15, 0.2) is 5.78 Å². The Labute approximate surface area is 159 Å². The highest BCUT2D eigenvalue weighted by Gasteiger charge is 2.31.